The van der Waals surface area contributed by atoms with Crippen LogP contribution >= 0.6 is 22.7 Å². The number of amides is 1. The summed E-state index contributed by atoms with van der Waals surface area (Å²) in [5.74, 6) is 0.0785. The zero-order valence-electron chi connectivity index (χ0n) is 15.3. The van der Waals surface area contributed by atoms with Crippen LogP contribution in [-0.2, 0) is 24.1 Å². The smallest absolute Gasteiger partial charge is 0.238 e. The number of benzene rings is 1. The van der Waals surface area contributed by atoms with E-state index in [9.17, 15) is 4.79 Å². The number of hydrogen-bond donors (Lipinski definition) is 0. The number of aryl methyl sites for hydroxylation is 2. The Bertz CT molecular complexity index is 802. The minimum Gasteiger partial charge on any atom is -0.274 e. The number of hydrogen-bond acceptors (Lipinski definition) is 4. The Morgan fingerprint density at radius 1 is 1.08 bits per heavy atom. The fraction of sp³-hybridized carbons (Fsp3) is 0.333. The number of para-hydroxylation sites is 1. The Hall–Kier alpha value is -1.98. The molecule has 1 aliphatic rings. The monoisotopic (exact) mass is 384 g/mol. The van der Waals surface area contributed by atoms with Gasteiger partial charge in [0.1, 0.15) is 0 Å². The van der Waals surface area contributed by atoms with Gasteiger partial charge in [0.15, 0.2) is 5.13 Å². The summed E-state index contributed by atoms with van der Waals surface area (Å²) in [4.78, 5) is 22.1. The van der Waals surface area contributed by atoms with Crippen molar-refractivity contribution in [2.24, 2.45) is 0 Å². The number of carbonyl (C=O) groups is 1. The van der Waals surface area contributed by atoms with E-state index in [4.69, 9.17) is 4.98 Å². The van der Waals surface area contributed by atoms with Crippen molar-refractivity contribution in [3.8, 4) is 0 Å². The molecular weight excluding hydrogens is 360 g/mol. The van der Waals surface area contributed by atoms with E-state index in [2.05, 4.69) is 0 Å². The second-order valence-corrected chi connectivity index (χ2v) is 7.99. The molecule has 3 nitrogen and oxygen atoms in total. The number of rotatable bonds is 4. The molecular formula is C21H24N2OS2. The van der Waals surface area contributed by atoms with Crippen molar-refractivity contribution in [2.75, 3.05) is 4.90 Å². The highest BCUT2D eigenvalue weighted by atomic mass is 32.1. The largest absolute Gasteiger partial charge is 0.274 e. The quantitative estimate of drug-likeness (QED) is 0.551. The lowest BCUT2D eigenvalue weighted by Crippen LogP contribution is -2.27. The molecule has 4 rings (SSSR count). The maximum atomic E-state index is 13.0. The molecule has 26 heavy (non-hydrogen) atoms. The first-order valence-corrected chi connectivity index (χ1v) is 10.9. The highest BCUT2D eigenvalue weighted by Gasteiger charge is 2.24. The fourth-order valence-corrected chi connectivity index (χ4v) is 4.90. The molecule has 3 aromatic rings. The van der Waals surface area contributed by atoms with Crippen LogP contribution in [0.25, 0.3) is 0 Å². The first-order valence-electron chi connectivity index (χ1n) is 9.20. The maximum absolute atomic E-state index is 13.0. The van der Waals surface area contributed by atoms with Crippen LogP contribution in [0.3, 0.4) is 0 Å². The summed E-state index contributed by atoms with van der Waals surface area (Å²) < 4.78 is 0. The number of aromatic nitrogens is 1. The number of thiophene rings is 1. The van der Waals surface area contributed by atoms with E-state index in [0.717, 1.165) is 28.5 Å². The van der Waals surface area contributed by atoms with Crippen LogP contribution in [0.15, 0.2) is 47.8 Å². The van der Waals surface area contributed by atoms with Gasteiger partial charge in [-0.05, 0) is 49.3 Å². The summed E-state index contributed by atoms with van der Waals surface area (Å²) in [5, 5.41) is 2.83. The summed E-state index contributed by atoms with van der Waals surface area (Å²) in [5.41, 5.74) is 2.08. The SMILES string of the molecule is CC.O=C(Cc1cccs1)N(c1ccccc1)c1nc2c(s1)CCCC2. The molecule has 0 unspecified atom stereocenters. The molecule has 1 aliphatic carbocycles. The Morgan fingerprint density at radius 2 is 1.85 bits per heavy atom. The average molecular weight is 385 g/mol. The molecule has 1 aromatic carbocycles. The van der Waals surface area contributed by atoms with Crippen molar-refractivity contribution >= 4 is 39.4 Å². The van der Waals surface area contributed by atoms with Gasteiger partial charge in [-0.25, -0.2) is 4.98 Å². The zero-order valence-corrected chi connectivity index (χ0v) is 16.9. The van der Waals surface area contributed by atoms with Crippen molar-refractivity contribution in [2.45, 2.75) is 46.0 Å². The fourth-order valence-electron chi connectivity index (χ4n) is 3.01. The maximum Gasteiger partial charge on any atom is 0.238 e. The van der Waals surface area contributed by atoms with Gasteiger partial charge in [0.2, 0.25) is 5.91 Å². The van der Waals surface area contributed by atoms with Gasteiger partial charge < -0.3 is 0 Å². The van der Waals surface area contributed by atoms with Gasteiger partial charge in [-0.2, -0.15) is 0 Å². The predicted molar refractivity (Wildman–Crippen MR) is 112 cm³/mol. The molecule has 2 aromatic heterocycles. The predicted octanol–water partition coefficient (Wildman–Crippen LogP) is 6.02. The van der Waals surface area contributed by atoms with Crippen LogP contribution in [0.2, 0.25) is 0 Å². The van der Waals surface area contributed by atoms with Crippen LogP contribution < -0.4 is 4.90 Å². The van der Waals surface area contributed by atoms with Gasteiger partial charge in [0.25, 0.3) is 0 Å². The second kappa shape index (κ2) is 9.10. The summed E-state index contributed by atoms with van der Waals surface area (Å²) in [7, 11) is 0. The van der Waals surface area contributed by atoms with E-state index < -0.39 is 0 Å². The van der Waals surface area contributed by atoms with Crippen molar-refractivity contribution in [3.63, 3.8) is 0 Å². The minimum absolute atomic E-state index is 0.0785. The summed E-state index contributed by atoms with van der Waals surface area (Å²) in [6, 6.07) is 13.9. The number of nitrogens with zero attached hydrogens (tertiary/aromatic N) is 2. The summed E-state index contributed by atoms with van der Waals surface area (Å²) >= 11 is 3.30. The van der Waals surface area contributed by atoms with Crippen LogP contribution in [0, 0.1) is 0 Å². The van der Waals surface area contributed by atoms with Crippen molar-refractivity contribution in [1.29, 1.82) is 0 Å². The molecule has 1 amide bonds. The third kappa shape index (κ3) is 4.22. The number of fused-ring (bicyclic) bond motifs is 1. The van der Waals surface area contributed by atoms with Crippen LogP contribution in [0.5, 0.6) is 0 Å². The Balaban J connectivity index is 0.000000948. The van der Waals surface area contributed by atoms with Gasteiger partial charge >= 0.3 is 0 Å². The number of carbonyl (C=O) groups excluding carboxylic acids is 1. The molecule has 0 saturated heterocycles. The Kier molecular flexibility index (Phi) is 6.58. The molecule has 136 valence electrons. The van der Waals surface area contributed by atoms with E-state index in [-0.39, 0.29) is 5.91 Å². The van der Waals surface area contributed by atoms with Gasteiger partial charge in [0, 0.05) is 9.75 Å². The van der Waals surface area contributed by atoms with E-state index in [0.29, 0.717) is 6.42 Å². The molecule has 0 bridgehead atoms. The summed E-state index contributed by atoms with van der Waals surface area (Å²) in [6.45, 7) is 4.00. The zero-order chi connectivity index (χ0) is 18.4. The molecule has 0 fully saturated rings. The van der Waals surface area contributed by atoms with Crippen LogP contribution in [-0.4, -0.2) is 10.9 Å². The van der Waals surface area contributed by atoms with E-state index in [1.54, 1.807) is 27.6 Å². The molecule has 0 radical (unpaired) electrons. The van der Waals surface area contributed by atoms with Crippen LogP contribution in [0.4, 0.5) is 10.8 Å². The van der Waals surface area contributed by atoms with Crippen molar-refractivity contribution < 1.29 is 4.79 Å². The molecule has 5 heteroatoms. The third-order valence-corrected chi connectivity index (χ3v) is 6.21. The lowest BCUT2D eigenvalue weighted by atomic mass is 10.0. The first-order chi connectivity index (χ1) is 12.8. The van der Waals surface area contributed by atoms with Crippen LogP contribution in [0.1, 0.15) is 42.1 Å². The topological polar surface area (TPSA) is 33.2 Å². The second-order valence-electron chi connectivity index (χ2n) is 5.89. The highest BCUT2D eigenvalue weighted by Crippen LogP contribution is 2.35. The lowest BCUT2D eigenvalue weighted by molar-refractivity contribution is -0.117. The van der Waals surface area contributed by atoms with Gasteiger partial charge in [-0.15, -0.1) is 22.7 Å². The van der Waals surface area contributed by atoms with E-state index >= 15 is 0 Å². The minimum atomic E-state index is 0.0785. The average Bonchev–Trinajstić information content (AvgIpc) is 3.34. The first kappa shape index (κ1) is 18.8. The van der Waals surface area contributed by atoms with E-state index in [1.165, 1.54) is 23.4 Å². The number of anilines is 2. The molecule has 0 saturated carbocycles. The standard InChI is InChI=1S/C19H18N2OS2.C2H6/c22-18(13-15-9-6-12-23-15)21(14-7-2-1-3-8-14)19-20-16-10-4-5-11-17(16)24-19;1-2/h1-3,6-9,12H,4-5,10-11,13H2;1-2H3. The summed E-state index contributed by atoms with van der Waals surface area (Å²) in [6.07, 6.45) is 4.97. The van der Waals surface area contributed by atoms with E-state index in [1.807, 2.05) is 61.7 Å². The van der Waals surface area contributed by atoms with Gasteiger partial charge in [-0.3, -0.25) is 9.69 Å². The molecule has 0 N–H and O–H groups in total. The lowest BCUT2D eigenvalue weighted by Gasteiger charge is -2.19. The molecule has 0 spiro atoms. The normalized spacial score (nSPS) is 12.7. The highest BCUT2D eigenvalue weighted by molar-refractivity contribution is 7.16. The number of thiazole rings is 1. The Morgan fingerprint density at radius 3 is 2.54 bits per heavy atom. The van der Waals surface area contributed by atoms with Crippen molar-refractivity contribution in [1.82, 2.24) is 4.98 Å². The molecule has 0 atom stereocenters. The van der Waals surface area contributed by atoms with Gasteiger partial charge in [-0.1, -0.05) is 38.1 Å². The van der Waals surface area contributed by atoms with Crippen molar-refractivity contribution in [3.05, 3.63) is 63.3 Å². The Labute approximate surface area is 163 Å². The van der Waals surface area contributed by atoms with Gasteiger partial charge in [0.05, 0.1) is 17.8 Å². The molecule has 2 heterocycles. The molecule has 0 aliphatic heterocycles. The third-order valence-electron chi connectivity index (χ3n) is 4.20.